The maximum Gasteiger partial charge on any atom is 0.416 e. The average molecular weight is 494 g/mol. The molecule has 6 nitrogen and oxygen atoms in total. The number of halogens is 4. The number of benzene rings is 3. The number of rotatable bonds is 7. The molecule has 3 aromatic carbocycles. The summed E-state index contributed by atoms with van der Waals surface area (Å²) in [7, 11) is 0. The van der Waals surface area contributed by atoms with E-state index in [4.69, 9.17) is 5.11 Å². The number of aromatic amines is 1. The summed E-state index contributed by atoms with van der Waals surface area (Å²) < 4.78 is 54.0. The van der Waals surface area contributed by atoms with Crippen LogP contribution in [-0.2, 0) is 17.4 Å². The molecule has 0 aliphatic rings. The van der Waals surface area contributed by atoms with Crippen molar-refractivity contribution in [2.45, 2.75) is 12.6 Å². The van der Waals surface area contributed by atoms with Crippen molar-refractivity contribution in [2.24, 2.45) is 9.98 Å². The molecule has 0 fully saturated rings. The third kappa shape index (κ3) is 5.54. The van der Waals surface area contributed by atoms with Crippen LogP contribution in [0.25, 0.3) is 28.0 Å². The zero-order valence-electron chi connectivity index (χ0n) is 18.6. The molecule has 182 valence electrons. The van der Waals surface area contributed by atoms with E-state index in [0.29, 0.717) is 22.4 Å². The highest BCUT2D eigenvalue weighted by atomic mass is 19.4. The zero-order valence-corrected chi connectivity index (χ0v) is 18.6. The van der Waals surface area contributed by atoms with Gasteiger partial charge in [0, 0.05) is 18.0 Å². The maximum absolute atomic E-state index is 15.0. The Hall–Kier alpha value is -4.60. The summed E-state index contributed by atoms with van der Waals surface area (Å²) in [5.74, 6) is -1.49. The summed E-state index contributed by atoms with van der Waals surface area (Å²) in [5, 5.41) is 8.86. The molecule has 4 aromatic rings. The van der Waals surface area contributed by atoms with Crippen molar-refractivity contribution in [2.75, 3.05) is 0 Å². The van der Waals surface area contributed by atoms with Crippen LogP contribution in [0.3, 0.4) is 0 Å². The molecule has 0 atom stereocenters. The molecule has 2 N–H and O–H groups in total. The Kier molecular flexibility index (Phi) is 6.77. The van der Waals surface area contributed by atoms with E-state index in [-0.39, 0.29) is 28.8 Å². The number of carboxylic acids is 1. The smallest absolute Gasteiger partial charge is 0.416 e. The number of nitrogens with one attached hydrogen (secondary N) is 1. The highest BCUT2D eigenvalue weighted by Crippen LogP contribution is 2.32. The first-order valence-corrected chi connectivity index (χ1v) is 10.5. The van der Waals surface area contributed by atoms with Gasteiger partial charge in [-0.15, -0.1) is 0 Å². The minimum Gasteiger partial charge on any atom is -0.481 e. The number of carbonyl (C=O) groups is 1. The molecular weight excluding hydrogens is 476 g/mol. The van der Waals surface area contributed by atoms with E-state index in [1.807, 2.05) is 0 Å². The lowest BCUT2D eigenvalue weighted by Crippen LogP contribution is -2.04. The Labute approximate surface area is 202 Å². The predicted molar refractivity (Wildman–Crippen MR) is 130 cm³/mol. The molecule has 10 heteroatoms. The summed E-state index contributed by atoms with van der Waals surface area (Å²) in [6.07, 6.45) is -1.74. The number of hydrogen-bond acceptors (Lipinski definition) is 4. The summed E-state index contributed by atoms with van der Waals surface area (Å²) >= 11 is 0. The van der Waals surface area contributed by atoms with Crippen LogP contribution < -0.4 is 0 Å². The van der Waals surface area contributed by atoms with Crippen LogP contribution in [0.4, 0.5) is 23.2 Å². The van der Waals surface area contributed by atoms with Gasteiger partial charge in [-0.3, -0.25) is 14.8 Å². The van der Waals surface area contributed by atoms with Crippen LogP contribution in [0.15, 0.2) is 76.8 Å². The lowest BCUT2D eigenvalue weighted by molar-refractivity contribution is -0.138. The Morgan fingerprint density at radius 2 is 1.83 bits per heavy atom. The number of carboxylic acid groups (broad SMARTS) is 1. The Bertz CT molecular complexity index is 1500. The van der Waals surface area contributed by atoms with E-state index in [0.717, 1.165) is 12.1 Å². The van der Waals surface area contributed by atoms with Gasteiger partial charge in [-0.1, -0.05) is 18.2 Å². The molecule has 0 saturated carbocycles. The van der Waals surface area contributed by atoms with E-state index in [1.165, 1.54) is 30.6 Å². The standard InChI is InChI=1S/C26H18F4N4O2/c1-31-13-17(14-32-19-6-2-15(3-7-19)10-24(35)36)16-4-8-20(21(27)11-16)25-33-22-9-5-18(26(28,29)30)12-23(22)34-25/h2-9,11-14H,1,10H2,(H,33,34)(H,35,36)/b17-13+,32-14?. The third-order valence-electron chi connectivity index (χ3n) is 5.24. The van der Waals surface area contributed by atoms with Crippen molar-refractivity contribution in [1.82, 2.24) is 9.97 Å². The van der Waals surface area contributed by atoms with Gasteiger partial charge in [-0.25, -0.2) is 9.37 Å². The molecular formula is C26H18F4N4O2. The second-order valence-electron chi connectivity index (χ2n) is 7.77. The molecule has 0 unspecified atom stereocenters. The van der Waals surface area contributed by atoms with Gasteiger partial charge >= 0.3 is 12.1 Å². The molecule has 0 aliphatic heterocycles. The molecule has 0 saturated heterocycles. The Balaban J connectivity index is 1.60. The first-order chi connectivity index (χ1) is 17.1. The number of aliphatic carboxylic acids is 1. The van der Waals surface area contributed by atoms with Crippen LogP contribution in [0.5, 0.6) is 0 Å². The van der Waals surface area contributed by atoms with Crippen LogP contribution >= 0.6 is 0 Å². The molecule has 0 amide bonds. The Morgan fingerprint density at radius 3 is 2.47 bits per heavy atom. The number of alkyl halides is 3. The first kappa shape index (κ1) is 24.5. The quantitative estimate of drug-likeness (QED) is 0.228. The number of aliphatic imine (C=N–C) groups is 2. The summed E-state index contributed by atoms with van der Waals surface area (Å²) in [5.41, 5.74) is 1.74. The van der Waals surface area contributed by atoms with E-state index in [1.54, 1.807) is 30.3 Å². The van der Waals surface area contributed by atoms with Gasteiger partial charge in [0.1, 0.15) is 11.6 Å². The third-order valence-corrected chi connectivity index (χ3v) is 5.24. The number of aromatic nitrogens is 2. The van der Waals surface area contributed by atoms with Gasteiger partial charge in [0.25, 0.3) is 0 Å². The first-order valence-electron chi connectivity index (χ1n) is 10.5. The fourth-order valence-corrected chi connectivity index (χ4v) is 3.50. The topological polar surface area (TPSA) is 90.7 Å². The Morgan fingerprint density at radius 1 is 1.08 bits per heavy atom. The highest BCUT2D eigenvalue weighted by Gasteiger charge is 2.30. The monoisotopic (exact) mass is 494 g/mol. The van der Waals surface area contributed by atoms with Crippen molar-refractivity contribution in [1.29, 1.82) is 0 Å². The molecule has 0 spiro atoms. The molecule has 1 aromatic heterocycles. The normalized spacial score (nSPS) is 12.4. The highest BCUT2D eigenvalue weighted by molar-refractivity contribution is 6.10. The van der Waals surface area contributed by atoms with Crippen molar-refractivity contribution < 1.29 is 27.5 Å². The van der Waals surface area contributed by atoms with Gasteiger partial charge in [0.2, 0.25) is 0 Å². The fraction of sp³-hybridized carbons (Fsp3) is 0.0769. The van der Waals surface area contributed by atoms with Gasteiger partial charge in [0.05, 0.1) is 34.3 Å². The molecule has 4 rings (SSSR count). The summed E-state index contributed by atoms with van der Waals surface area (Å²) in [4.78, 5) is 25.8. The number of H-pyrrole nitrogens is 1. The summed E-state index contributed by atoms with van der Waals surface area (Å²) in [6.45, 7) is 3.42. The van der Waals surface area contributed by atoms with Crippen LogP contribution in [0, 0.1) is 5.82 Å². The number of hydrogen-bond donors (Lipinski definition) is 2. The lowest BCUT2D eigenvalue weighted by atomic mass is 10.0. The largest absolute Gasteiger partial charge is 0.481 e. The number of allylic oxidation sites excluding steroid dienone is 1. The van der Waals surface area contributed by atoms with E-state index >= 15 is 4.39 Å². The van der Waals surface area contributed by atoms with Crippen molar-refractivity contribution in [3.8, 4) is 11.4 Å². The van der Waals surface area contributed by atoms with Crippen molar-refractivity contribution in [3.63, 3.8) is 0 Å². The van der Waals surface area contributed by atoms with Crippen molar-refractivity contribution >= 4 is 41.2 Å². The molecule has 0 bridgehead atoms. The van der Waals surface area contributed by atoms with Crippen LogP contribution in [0.1, 0.15) is 16.7 Å². The van der Waals surface area contributed by atoms with Gasteiger partial charge in [-0.05, 0) is 60.3 Å². The van der Waals surface area contributed by atoms with E-state index < -0.39 is 23.5 Å². The van der Waals surface area contributed by atoms with Gasteiger partial charge in [-0.2, -0.15) is 13.2 Å². The average Bonchev–Trinajstić information content (AvgIpc) is 3.25. The molecule has 0 aliphatic carbocycles. The number of fused-ring (bicyclic) bond motifs is 1. The van der Waals surface area contributed by atoms with Gasteiger partial charge in [0.15, 0.2) is 0 Å². The minimum absolute atomic E-state index is 0.0837. The van der Waals surface area contributed by atoms with E-state index in [2.05, 4.69) is 26.7 Å². The SMILES string of the molecule is C=N/C=C(\C=Nc1ccc(CC(=O)O)cc1)c1ccc(-c2nc3ccc(C(F)(F)F)cc3[nH]2)c(F)c1. The van der Waals surface area contributed by atoms with Crippen molar-refractivity contribution in [3.05, 3.63) is 89.4 Å². The molecule has 36 heavy (non-hydrogen) atoms. The minimum atomic E-state index is -4.50. The predicted octanol–water partition coefficient (Wildman–Crippen LogP) is 6.46. The van der Waals surface area contributed by atoms with E-state index in [9.17, 15) is 18.0 Å². The molecule has 0 radical (unpaired) electrons. The van der Waals surface area contributed by atoms with Gasteiger partial charge < -0.3 is 10.1 Å². The zero-order chi connectivity index (χ0) is 25.9. The second kappa shape index (κ2) is 9.95. The summed E-state index contributed by atoms with van der Waals surface area (Å²) in [6, 6.07) is 14.0. The van der Waals surface area contributed by atoms with Crippen LogP contribution in [0.2, 0.25) is 0 Å². The number of nitrogens with zero attached hydrogens (tertiary/aromatic N) is 3. The molecule has 1 heterocycles. The van der Waals surface area contributed by atoms with Crippen LogP contribution in [-0.4, -0.2) is 34.0 Å². The lowest BCUT2D eigenvalue weighted by Gasteiger charge is -2.05. The number of imidazole rings is 1. The second-order valence-corrected chi connectivity index (χ2v) is 7.77. The maximum atomic E-state index is 15.0. The fourth-order valence-electron chi connectivity index (χ4n) is 3.50.